The van der Waals surface area contributed by atoms with Crippen molar-refractivity contribution in [1.82, 2.24) is 5.32 Å². The maximum atomic E-state index is 5.19. The van der Waals surface area contributed by atoms with E-state index in [0.717, 1.165) is 24.8 Å². The first-order valence-electron chi connectivity index (χ1n) is 6.93. The minimum absolute atomic E-state index is 0.839. The highest BCUT2D eigenvalue weighted by atomic mass is 16.5. The second-order valence-corrected chi connectivity index (χ2v) is 4.94. The van der Waals surface area contributed by atoms with Gasteiger partial charge in [0.25, 0.3) is 0 Å². The number of hydrogen-bond donors (Lipinski definition) is 1. The molecule has 1 aromatic carbocycles. The van der Waals surface area contributed by atoms with Crippen molar-refractivity contribution in [1.29, 1.82) is 0 Å². The zero-order chi connectivity index (χ0) is 12.8. The molecule has 1 heterocycles. The monoisotopic (exact) mass is 248 g/mol. The van der Waals surface area contributed by atoms with Crippen LogP contribution in [-0.2, 0) is 0 Å². The smallest absolute Gasteiger partial charge is 0.119 e. The summed E-state index contributed by atoms with van der Waals surface area (Å²) in [4.78, 5) is 2.48. The fourth-order valence-electron chi connectivity index (χ4n) is 2.58. The molecule has 1 aromatic rings. The molecular formula is C15H24N2O. The molecule has 1 saturated heterocycles. The topological polar surface area (TPSA) is 24.5 Å². The van der Waals surface area contributed by atoms with Crippen molar-refractivity contribution < 1.29 is 4.74 Å². The van der Waals surface area contributed by atoms with Gasteiger partial charge in [-0.25, -0.2) is 0 Å². The van der Waals surface area contributed by atoms with Crippen molar-refractivity contribution in [3.8, 4) is 5.75 Å². The summed E-state index contributed by atoms with van der Waals surface area (Å²) in [6, 6.07) is 8.40. The average molecular weight is 248 g/mol. The van der Waals surface area contributed by atoms with Crippen LogP contribution in [-0.4, -0.2) is 33.3 Å². The lowest BCUT2D eigenvalue weighted by atomic mass is 10.1. The van der Waals surface area contributed by atoms with Gasteiger partial charge in [0.1, 0.15) is 5.75 Å². The zero-order valence-electron chi connectivity index (χ0n) is 11.5. The lowest BCUT2D eigenvalue weighted by Gasteiger charge is -2.19. The Hall–Kier alpha value is -1.22. The van der Waals surface area contributed by atoms with Gasteiger partial charge in [0, 0.05) is 18.8 Å². The standard InChI is InChI=1S/C15H24N2O/c1-3-16-10-8-13-9-11-17(12-13)14-4-6-15(18-2)7-5-14/h4-7,13,16H,3,8-12H2,1-2H3. The molecule has 0 spiro atoms. The van der Waals surface area contributed by atoms with Crippen LogP contribution in [0.3, 0.4) is 0 Å². The average Bonchev–Trinajstić information content (AvgIpc) is 2.88. The molecule has 3 nitrogen and oxygen atoms in total. The second-order valence-electron chi connectivity index (χ2n) is 4.94. The molecule has 1 fully saturated rings. The summed E-state index contributed by atoms with van der Waals surface area (Å²) in [6.45, 7) is 6.77. The Bertz CT molecular complexity index is 350. The molecule has 3 heteroatoms. The van der Waals surface area contributed by atoms with E-state index in [9.17, 15) is 0 Å². The molecule has 1 aliphatic rings. The van der Waals surface area contributed by atoms with E-state index < -0.39 is 0 Å². The van der Waals surface area contributed by atoms with Gasteiger partial charge in [-0.15, -0.1) is 0 Å². The summed E-state index contributed by atoms with van der Waals surface area (Å²) >= 11 is 0. The minimum atomic E-state index is 0.839. The van der Waals surface area contributed by atoms with E-state index in [0.29, 0.717) is 0 Å². The van der Waals surface area contributed by atoms with Gasteiger partial charge in [0.15, 0.2) is 0 Å². The maximum absolute atomic E-state index is 5.19. The van der Waals surface area contributed by atoms with E-state index in [1.807, 2.05) is 12.1 Å². The van der Waals surface area contributed by atoms with Crippen LogP contribution in [0.5, 0.6) is 5.75 Å². The number of ether oxygens (including phenoxy) is 1. The molecule has 0 amide bonds. The number of hydrogen-bond acceptors (Lipinski definition) is 3. The highest BCUT2D eigenvalue weighted by Crippen LogP contribution is 2.26. The van der Waals surface area contributed by atoms with Gasteiger partial charge >= 0.3 is 0 Å². The van der Waals surface area contributed by atoms with E-state index in [1.54, 1.807) is 7.11 Å². The van der Waals surface area contributed by atoms with Crippen LogP contribution in [0.4, 0.5) is 5.69 Å². The molecule has 0 saturated carbocycles. The van der Waals surface area contributed by atoms with E-state index in [4.69, 9.17) is 4.74 Å². The SMILES string of the molecule is CCNCCC1CCN(c2ccc(OC)cc2)C1. The molecule has 1 unspecified atom stereocenters. The van der Waals surface area contributed by atoms with Gasteiger partial charge in [-0.3, -0.25) is 0 Å². The molecule has 1 aliphatic heterocycles. The van der Waals surface area contributed by atoms with Crippen LogP contribution in [0.2, 0.25) is 0 Å². The van der Waals surface area contributed by atoms with Gasteiger partial charge < -0.3 is 15.0 Å². The molecule has 0 bridgehead atoms. The number of nitrogens with zero attached hydrogens (tertiary/aromatic N) is 1. The van der Waals surface area contributed by atoms with E-state index in [1.165, 1.54) is 31.6 Å². The summed E-state index contributed by atoms with van der Waals surface area (Å²) in [5.74, 6) is 1.77. The van der Waals surface area contributed by atoms with Gasteiger partial charge in [-0.1, -0.05) is 6.92 Å². The predicted molar refractivity (Wildman–Crippen MR) is 76.5 cm³/mol. The van der Waals surface area contributed by atoms with Crippen LogP contribution in [0.25, 0.3) is 0 Å². The van der Waals surface area contributed by atoms with Crippen LogP contribution in [0, 0.1) is 5.92 Å². The largest absolute Gasteiger partial charge is 0.497 e. The predicted octanol–water partition coefficient (Wildman–Crippen LogP) is 2.52. The quantitative estimate of drug-likeness (QED) is 0.783. The minimum Gasteiger partial charge on any atom is -0.497 e. The Balaban J connectivity index is 1.83. The lowest BCUT2D eigenvalue weighted by molar-refractivity contribution is 0.415. The summed E-state index contributed by atoms with van der Waals surface area (Å²) < 4.78 is 5.19. The highest BCUT2D eigenvalue weighted by molar-refractivity contribution is 5.49. The third-order valence-electron chi connectivity index (χ3n) is 3.70. The van der Waals surface area contributed by atoms with Crippen LogP contribution in [0.1, 0.15) is 19.8 Å². The molecule has 18 heavy (non-hydrogen) atoms. The Morgan fingerprint density at radius 1 is 1.33 bits per heavy atom. The Kier molecular flexibility index (Phi) is 4.88. The summed E-state index contributed by atoms with van der Waals surface area (Å²) in [6.07, 6.45) is 2.61. The Labute approximate surface area is 110 Å². The maximum Gasteiger partial charge on any atom is 0.119 e. The number of methoxy groups -OCH3 is 1. The van der Waals surface area contributed by atoms with Gasteiger partial charge in [0.05, 0.1) is 7.11 Å². The molecule has 1 N–H and O–H groups in total. The van der Waals surface area contributed by atoms with E-state index in [2.05, 4.69) is 29.3 Å². The summed E-state index contributed by atoms with van der Waals surface area (Å²) in [5.41, 5.74) is 1.32. The van der Waals surface area contributed by atoms with Gasteiger partial charge in [0.2, 0.25) is 0 Å². The van der Waals surface area contributed by atoms with E-state index >= 15 is 0 Å². The van der Waals surface area contributed by atoms with Crippen molar-refractivity contribution in [2.45, 2.75) is 19.8 Å². The number of benzene rings is 1. The summed E-state index contributed by atoms with van der Waals surface area (Å²) in [5, 5.41) is 3.41. The Morgan fingerprint density at radius 3 is 2.78 bits per heavy atom. The number of rotatable bonds is 6. The molecule has 0 radical (unpaired) electrons. The van der Waals surface area contributed by atoms with Crippen LogP contribution in [0.15, 0.2) is 24.3 Å². The van der Waals surface area contributed by atoms with Crippen molar-refractivity contribution in [3.05, 3.63) is 24.3 Å². The molecule has 100 valence electrons. The molecule has 0 aliphatic carbocycles. The molecule has 0 aromatic heterocycles. The fraction of sp³-hybridized carbons (Fsp3) is 0.600. The summed E-state index contributed by atoms with van der Waals surface area (Å²) in [7, 11) is 1.71. The van der Waals surface area contributed by atoms with Gasteiger partial charge in [-0.2, -0.15) is 0 Å². The van der Waals surface area contributed by atoms with E-state index in [-0.39, 0.29) is 0 Å². The van der Waals surface area contributed by atoms with Crippen molar-refractivity contribution in [2.75, 3.05) is 38.2 Å². The van der Waals surface area contributed by atoms with Crippen LogP contribution < -0.4 is 15.0 Å². The lowest BCUT2D eigenvalue weighted by Crippen LogP contribution is -2.22. The first kappa shape index (κ1) is 13.2. The number of anilines is 1. The third kappa shape index (κ3) is 3.39. The molecule has 1 atom stereocenters. The molecule has 2 rings (SSSR count). The van der Waals surface area contributed by atoms with Crippen molar-refractivity contribution in [3.63, 3.8) is 0 Å². The molecular weight excluding hydrogens is 224 g/mol. The second kappa shape index (κ2) is 6.64. The van der Waals surface area contributed by atoms with Crippen LogP contribution >= 0.6 is 0 Å². The van der Waals surface area contributed by atoms with Gasteiger partial charge in [-0.05, 0) is 56.1 Å². The van der Waals surface area contributed by atoms with Crippen molar-refractivity contribution >= 4 is 5.69 Å². The highest BCUT2D eigenvalue weighted by Gasteiger charge is 2.22. The first-order chi connectivity index (χ1) is 8.83. The number of nitrogens with one attached hydrogen (secondary N) is 1. The zero-order valence-corrected chi connectivity index (χ0v) is 11.5. The third-order valence-corrected chi connectivity index (χ3v) is 3.70. The fourth-order valence-corrected chi connectivity index (χ4v) is 2.58. The Morgan fingerprint density at radius 2 is 2.11 bits per heavy atom. The first-order valence-corrected chi connectivity index (χ1v) is 6.93. The normalized spacial score (nSPS) is 19.2. The van der Waals surface area contributed by atoms with Crippen molar-refractivity contribution in [2.24, 2.45) is 5.92 Å².